The lowest BCUT2D eigenvalue weighted by atomic mass is 9.91. The molecule has 1 aromatic rings. The van der Waals surface area contributed by atoms with Crippen LogP contribution in [0.2, 0.25) is 0 Å². The molecular formula is C14H20FNOS. The van der Waals surface area contributed by atoms with E-state index in [9.17, 15) is 8.60 Å². The van der Waals surface area contributed by atoms with Gasteiger partial charge in [-0.3, -0.25) is 4.21 Å². The number of rotatable bonds is 3. The van der Waals surface area contributed by atoms with Crippen LogP contribution in [-0.4, -0.2) is 9.46 Å². The highest BCUT2D eigenvalue weighted by molar-refractivity contribution is 7.84. The minimum absolute atomic E-state index is 0.202. The summed E-state index contributed by atoms with van der Waals surface area (Å²) < 4.78 is 25.9. The third-order valence-corrected chi connectivity index (χ3v) is 5.45. The molecule has 2 N–H and O–H groups in total. The summed E-state index contributed by atoms with van der Waals surface area (Å²) in [4.78, 5) is 0. The van der Waals surface area contributed by atoms with Gasteiger partial charge in [0.15, 0.2) is 0 Å². The van der Waals surface area contributed by atoms with Crippen LogP contribution in [0.3, 0.4) is 0 Å². The number of anilines is 1. The van der Waals surface area contributed by atoms with Gasteiger partial charge in [0.05, 0.1) is 5.75 Å². The van der Waals surface area contributed by atoms with Crippen LogP contribution < -0.4 is 5.73 Å². The molecule has 0 amide bonds. The van der Waals surface area contributed by atoms with Crippen LogP contribution in [0.25, 0.3) is 0 Å². The van der Waals surface area contributed by atoms with E-state index in [0.717, 1.165) is 19.3 Å². The summed E-state index contributed by atoms with van der Waals surface area (Å²) in [5.41, 5.74) is 6.57. The average molecular weight is 269 g/mol. The van der Waals surface area contributed by atoms with E-state index in [4.69, 9.17) is 5.73 Å². The van der Waals surface area contributed by atoms with Gasteiger partial charge in [0, 0.05) is 27.3 Å². The van der Waals surface area contributed by atoms with Gasteiger partial charge in [0.1, 0.15) is 5.82 Å². The predicted molar refractivity (Wildman–Crippen MR) is 74.1 cm³/mol. The fourth-order valence-electron chi connectivity index (χ4n) is 2.60. The first kappa shape index (κ1) is 13.5. The van der Waals surface area contributed by atoms with E-state index in [-0.39, 0.29) is 16.8 Å². The van der Waals surface area contributed by atoms with E-state index in [1.165, 1.54) is 12.5 Å². The van der Waals surface area contributed by atoms with Gasteiger partial charge in [-0.2, -0.15) is 0 Å². The second-order valence-corrected chi connectivity index (χ2v) is 6.94. The molecule has 0 bridgehead atoms. The van der Waals surface area contributed by atoms with Crippen LogP contribution in [-0.2, 0) is 16.6 Å². The van der Waals surface area contributed by atoms with Crippen molar-refractivity contribution < 1.29 is 8.60 Å². The topological polar surface area (TPSA) is 43.1 Å². The van der Waals surface area contributed by atoms with Gasteiger partial charge in [0.25, 0.3) is 0 Å². The van der Waals surface area contributed by atoms with Gasteiger partial charge < -0.3 is 5.73 Å². The normalized spacial score (nSPS) is 25.9. The first-order valence-corrected chi connectivity index (χ1v) is 7.86. The highest BCUT2D eigenvalue weighted by atomic mass is 32.2. The molecule has 1 aliphatic rings. The van der Waals surface area contributed by atoms with Crippen molar-refractivity contribution in [2.24, 2.45) is 5.92 Å². The van der Waals surface area contributed by atoms with Gasteiger partial charge in [-0.25, -0.2) is 4.39 Å². The van der Waals surface area contributed by atoms with E-state index < -0.39 is 10.8 Å². The Hall–Kier alpha value is -0.900. The SMILES string of the molecule is CC1CCCC(S(=O)Cc2c(N)cccc2F)C1. The molecule has 3 atom stereocenters. The van der Waals surface area contributed by atoms with Crippen LogP contribution in [0, 0.1) is 11.7 Å². The van der Waals surface area contributed by atoms with Gasteiger partial charge in [0.2, 0.25) is 0 Å². The molecule has 0 radical (unpaired) electrons. The molecule has 0 saturated heterocycles. The van der Waals surface area contributed by atoms with Gasteiger partial charge >= 0.3 is 0 Å². The molecule has 1 aliphatic carbocycles. The lowest BCUT2D eigenvalue weighted by molar-refractivity contribution is 0.389. The summed E-state index contributed by atoms with van der Waals surface area (Å²) in [5, 5.41) is 0.202. The van der Waals surface area contributed by atoms with Crippen molar-refractivity contribution in [2.75, 3.05) is 5.73 Å². The summed E-state index contributed by atoms with van der Waals surface area (Å²) in [6.45, 7) is 2.20. The van der Waals surface area contributed by atoms with E-state index in [1.54, 1.807) is 12.1 Å². The maximum atomic E-state index is 13.6. The highest BCUT2D eigenvalue weighted by Crippen LogP contribution is 2.29. The van der Waals surface area contributed by atoms with E-state index in [0.29, 0.717) is 17.2 Å². The van der Waals surface area contributed by atoms with Crippen LogP contribution in [0.1, 0.15) is 38.2 Å². The summed E-state index contributed by atoms with van der Waals surface area (Å²) in [7, 11) is -1.02. The third kappa shape index (κ3) is 3.10. The molecule has 100 valence electrons. The highest BCUT2D eigenvalue weighted by Gasteiger charge is 2.25. The van der Waals surface area contributed by atoms with Crippen LogP contribution in [0.15, 0.2) is 18.2 Å². The lowest BCUT2D eigenvalue weighted by Crippen LogP contribution is -2.24. The van der Waals surface area contributed by atoms with Crippen molar-refractivity contribution >= 4 is 16.5 Å². The van der Waals surface area contributed by atoms with Gasteiger partial charge in [-0.1, -0.05) is 25.8 Å². The Balaban J connectivity index is 2.07. The first-order valence-electron chi connectivity index (χ1n) is 6.48. The van der Waals surface area contributed by atoms with Crippen molar-refractivity contribution in [3.8, 4) is 0 Å². The average Bonchev–Trinajstić information content (AvgIpc) is 2.34. The molecule has 4 heteroatoms. The Bertz CT molecular complexity index is 429. The summed E-state index contributed by atoms with van der Waals surface area (Å²) in [6.07, 6.45) is 4.33. The van der Waals surface area contributed by atoms with Crippen molar-refractivity contribution in [1.29, 1.82) is 0 Å². The smallest absolute Gasteiger partial charge is 0.129 e. The van der Waals surface area contributed by atoms with Crippen LogP contribution >= 0.6 is 0 Å². The van der Waals surface area contributed by atoms with E-state index in [1.807, 2.05) is 0 Å². The fourth-order valence-corrected chi connectivity index (χ4v) is 4.40. The Morgan fingerprint density at radius 2 is 2.22 bits per heavy atom. The minimum atomic E-state index is -1.02. The zero-order valence-electron chi connectivity index (χ0n) is 10.7. The molecule has 0 heterocycles. The molecule has 1 fully saturated rings. The Morgan fingerprint density at radius 1 is 1.44 bits per heavy atom. The molecule has 18 heavy (non-hydrogen) atoms. The number of benzene rings is 1. The van der Waals surface area contributed by atoms with Crippen LogP contribution in [0.5, 0.6) is 0 Å². The molecule has 1 saturated carbocycles. The molecule has 3 unspecified atom stereocenters. The predicted octanol–water partition coefficient (Wildman–Crippen LogP) is 3.24. The number of nitrogens with two attached hydrogens (primary N) is 1. The second-order valence-electron chi connectivity index (χ2n) is 5.23. The quantitative estimate of drug-likeness (QED) is 0.856. The maximum absolute atomic E-state index is 13.6. The van der Waals surface area contributed by atoms with Crippen molar-refractivity contribution in [2.45, 2.75) is 43.6 Å². The molecule has 0 spiro atoms. The molecule has 0 aliphatic heterocycles. The molecule has 2 rings (SSSR count). The Kier molecular flexibility index (Phi) is 4.38. The van der Waals surface area contributed by atoms with E-state index >= 15 is 0 Å². The van der Waals surface area contributed by atoms with Crippen LogP contribution in [0.4, 0.5) is 10.1 Å². The van der Waals surface area contributed by atoms with E-state index in [2.05, 4.69) is 6.92 Å². The number of hydrogen-bond acceptors (Lipinski definition) is 2. The summed E-state index contributed by atoms with van der Waals surface area (Å²) in [6, 6.07) is 4.63. The number of hydrogen-bond donors (Lipinski definition) is 1. The standard InChI is InChI=1S/C14H20FNOS/c1-10-4-2-5-11(8-10)18(17)9-12-13(15)6-3-7-14(12)16/h3,6-7,10-11H,2,4-5,8-9,16H2,1H3. The maximum Gasteiger partial charge on any atom is 0.129 e. The zero-order chi connectivity index (χ0) is 13.1. The summed E-state index contributed by atoms with van der Waals surface area (Å²) in [5.74, 6) is 0.536. The fraction of sp³-hybridized carbons (Fsp3) is 0.571. The van der Waals surface area contributed by atoms with Gasteiger partial charge in [-0.05, 0) is 30.9 Å². The largest absolute Gasteiger partial charge is 0.398 e. The zero-order valence-corrected chi connectivity index (χ0v) is 11.5. The number of halogens is 1. The number of nitrogen functional groups attached to an aromatic ring is 1. The molecular weight excluding hydrogens is 249 g/mol. The molecule has 0 aromatic heterocycles. The Morgan fingerprint density at radius 3 is 2.89 bits per heavy atom. The Labute approximate surface area is 110 Å². The second kappa shape index (κ2) is 5.83. The minimum Gasteiger partial charge on any atom is -0.398 e. The summed E-state index contributed by atoms with van der Waals surface area (Å²) >= 11 is 0. The molecule has 2 nitrogen and oxygen atoms in total. The van der Waals surface area contributed by atoms with Crippen molar-refractivity contribution in [3.63, 3.8) is 0 Å². The monoisotopic (exact) mass is 269 g/mol. The van der Waals surface area contributed by atoms with Gasteiger partial charge in [-0.15, -0.1) is 0 Å². The van der Waals surface area contributed by atoms with Crippen molar-refractivity contribution in [3.05, 3.63) is 29.6 Å². The van der Waals surface area contributed by atoms with Crippen molar-refractivity contribution in [1.82, 2.24) is 0 Å². The molecule has 1 aromatic carbocycles. The third-order valence-electron chi connectivity index (χ3n) is 3.70. The first-order chi connectivity index (χ1) is 8.58. The lowest BCUT2D eigenvalue weighted by Gasteiger charge is -2.26.